The first-order valence-corrected chi connectivity index (χ1v) is 16.4. The molecule has 0 spiro atoms. The molecule has 3 aromatic carbocycles. The number of hydrogen-bond acceptors (Lipinski definition) is 4. The number of carboxylic acids is 1. The largest absolute Gasteiger partial charge is 0.481 e. The first-order chi connectivity index (χ1) is 20.0. The van der Waals surface area contributed by atoms with Crippen molar-refractivity contribution in [3.8, 4) is 0 Å². The predicted octanol–water partition coefficient (Wildman–Crippen LogP) is 6.43. The molecule has 0 aromatic heterocycles. The van der Waals surface area contributed by atoms with E-state index in [1.807, 2.05) is 36.4 Å². The second kappa shape index (κ2) is 12.4. The summed E-state index contributed by atoms with van der Waals surface area (Å²) in [5.41, 5.74) is 1.18. The van der Waals surface area contributed by atoms with E-state index in [0.717, 1.165) is 24.0 Å². The summed E-state index contributed by atoms with van der Waals surface area (Å²) in [7, 11) is -3.72. The molecule has 5 rings (SSSR count). The third kappa shape index (κ3) is 7.00. The van der Waals surface area contributed by atoms with Crippen LogP contribution >= 0.6 is 23.2 Å². The van der Waals surface area contributed by atoms with Gasteiger partial charge in [0.2, 0.25) is 15.9 Å². The summed E-state index contributed by atoms with van der Waals surface area (Å²) in [5.74, 6) is -1.75. The van der Waals surface area contributed by atoms with E-state index in [1.54, 1.807) is 54.3 Å². The summed E-state index contributed by atoms with van der Waals surface area (Å²) in [5, 5.41) is 11.0. The highest BCUT2D eigenvalue weighted by molar-refractivity contribution is 7.88. The average molecular weight is 630 g/mol. The maximum absolute atomic E-state index is 14.5. The first-order valence-electron chi connectivity index (χ1n) is 14.0. The zero-order chi connectivity index (χ0) is 30.1. The minimum Gasteiger partial charge on any atom is -0.481 e. The lowest BCUT2D eigenvalue weighted by Gasteiger charge is -2.52. The number of aliphatic carboxylic acids is 1. The molecule has 2 N–H and O–H groups in total. The van der Waals surface area contributed by atoms with Crippen LogP contribution < -0.4 is 4.72 Å². The lowest BCUT2D eigenvalue weighted by molar-refractivity contribution is -0.161. The van der Waals surface area contributed by atoms with E-state index in [2.05, 4.69) is 4.72 Å². The Bertz CT molecular complexity index is 1550. The Balaban J connectivity index is 1.58. The number of sulfonamides is 1. The average Bonchev–Trinajstić information content (AvgIpc) is 3.77. The van der Waals surface area contributed by atoms with Crippen molar-refractivity contribution >= 4 is 45.1 Å². The van der Waals surface area contributed by atoms with Gasteiger partial charge in [-0.1, -0.05) is 84.7 Å². The lowest BCUT2D eigenvalue weighted by atomic mass is 9.67. The van der Waals surface area contributed by atoms with Crippen LogP contribution in [0.4, 0.5) is 0 Å². The molecule has 222 valence electrons. The molecule has 2 fully saturated rings. The molecular formula is C32H34Cl2N2O5S. The van der Waals surface area contributed by atoms with Gasteiger partial charge in [0.1, 0.15) is 0 Å². The Morgan fingerprint density at radius 1 is 1.00 bits per heavy atom. The van der Waals surface area contributed by atoms with Crippen molar-refractivity contribution in [2.45, 2.75) is 56.4 Å². The van der Waals surface area contributed by atoms with E-state index < -0.39 is 33.5 Å². The number of halogens is 2. The molecule has 0 bridgehead atoms. The SMILES string of the molecule is C[C@]1(CC(=O)O)CC(c2cccc(Cl)c2)[C@@H](c2ccc(Cl)cc2)N(C(CNS(=O)(=O)Cc2ccccc2)C2CC2)C1=O. The number of amides is 1. The predicted molar refractivity (Wildman–Crippen MR) is 164 cm³/mol. The van der Waals surface area contributed by atoms with E-state index in [0.29, 0.717) is 22.0 Å². The normalized spacial score (nSPS) is 23.5. The lowest BCUT2D eigenvalue weighted by Crippen LogP contribution is -2.59. The Hall–Kier alpha value is -2.91. The molecule has 4 atom stereocenters. The highest BCUT2D eigenvalue weighted by Gasteiger charge is 2.54. The summed E-state index contributed by atoms with van der Waals surface area (Å²) >= 11 is 12.7. The number of carbonyl (C=O) groups excluding carboxylic acids is 1. The maximum atomic E-state index is 14.5. The quantitative estimate of drug-likeness (QED) is 0.255. The number of piperidine rings is 1. The Labute approximate surface area is 256 Å². The second-order valence-electron chi connectivity index (χ2n) is 11.7. The van der Waals surface area contributed by atoms with Crippen LogP contribution in [0.15, 0.2) is 78.9 Å². The Kier molecular flexibility index (Phi) is 8.99. The van der Waals surface area contributed by atoms with Crippen LogP contribution in [0, 0.1) is 11.3 Å². The minimum atomic E-state index is -3.72. The van der Waals surface area contributed by atoms with Crippen molar-refractivity contribution in [2.75, 3.05) is 6.54 Å². The summed E-state index contributed by atoms with van der Waals surface area (Å²) < 4.78 is 29.1. The van der Waals surface area contributed by atoms with Crippen LogP contribution in [0.25, 0.3) is 0 Å². The summed E-state index contributed by atoms with van der Waals surface area (Å²) in [6.07, 6.45) is 1.64. The van der Waals surface area contributed by atoms with Crippen molar-refractivity contribution in [1.82, 2.24) is 9.62 Å². The number of carbonyl (C=O) groups is 2. The fourth-order valence-corrected chi connectivity index (χ4v) is 7.76. The fourth-order valence-electron chi connectivity index (χ4n) is 6.28. The van der Waals surface area contributed by atoms with Crippen LogP contribution in [-0.2, 0) is 25.4 Å². The van der Waals surface area contributed by atoms with Gasteiger partial charge in [0.05, 0.1) is 23.6 Å². The van der Waals surface area contributed by atoms with E-state index in [4.69, 9.17) is 23.2 Å². The number of hydrogen-bond donors (Lipinski definition) is 2. The highest BCUT2D eigenvalue weighted by Crippen LogP contribution is 2.54. The molecule has 2 unspecified atom stereocenters. The molecule has 1 aliphatic heterocycles. The molecule has 7 nitrogen and oxygen atoms in total. The molecule has 1 amide bonds. The van der Waals surface area contributed by atoms with E-state index in [1.165, 1.54) is 0 Å². The summed E-state index contributed by atoms with van der Waals surface area (Å²) in [4.78, 5) is 28.3. The Morgan fingerprint density at radius 2 is 1.69 bits per heavy atom. The van der Waals surface area contributed by atoms with Gasteiger partial charge in [-0.05, 0) is 66.1 Å². The van der Waals surface area contributed by atoms with Gasteiger partial charge in [-0.15, -0.1) is 0 Å². The second-order valence-corrected chi connectivity index (χ2v) is 14.4. The molecule has 10 heteroatoms. The third-order valence-corrected chi connectivity index (χ3v) is 10.2. The number of carboxylic acid groups (broad SMARTS) is 1. The molecule has 1 heterocycles. The van der Waals surface area contributed by atoms with Crippen LogP contribution in [0.1, 0.15) is 61.3 Å². The molecule has 1 saturated carbocycles. The van der Waals surface area contributed by atoms with Crippen molar-refractivity contribution in [1.29, 1.82) is 0 Å². The minimum absolute atomic E-state index is 0.0288. The van der Waals surface area contributed by atoms with Gasteiger partial charge in [0.15, 0.2) is 0 Å². The summed E-state index contributed by atoms with van der Waals surface area (Å²) in [6, 6.07) is 22.7. The number of benzene rings is 3. The van der Waals surface area contributed by atoms with Crippen LogP contribution in [0.3, 0.4) is 0 Å². The van der Waals surface area contributed by atoms with E-state index >= 15 is 0 Å². The smallest absolute Gasteiger partial charge is 0.304 e. The van der Waals surface area contributed by atoms with Gasteiger partial charge in [-0.3, -0.25) is 9.59 Å². The molecule has 1 aliphatic carbocycles. The van der Waals surface area contributed by atoms with E-state index in [-0.39, 0.29) is 36.5 Å². The highest BCUT2D eigenvalue weighted by atomic mass is 35.5. The zero-order valence-electron chi connectivity index (χ0n) is 23.2. The van der Waals surface area contributed by atoms with Crippen LogP contribution in [-0.4, -0.2) is 42.9 Å². The monoisotopic (exact) mass is 628 g/mol. The summed E-state index contributed by atoms with van der Waals surface area (Å²) in [6.45, 7) is 1.73. The number of nitrogens with one attached hydrogen (secondary N) is 1. The first kappa shape index (κ1) is 30.5. The van der Waals surface area contributed by atoms with Gasteiger partial charge >= 0.3 is 5.97 Å². The van der Waals surface area contributed by atoms with Crippen molar-refractivity contribution in [3.63, 3.8) is 0 Å². The molecular weight excluding hydrogens is 595 g/mol. The van der Waals surface area contributed by atoms with Crippen LogP contribution in [0.5, 0.6) is 0 Å². The van der Waals surface area contributed by atoms with E-state index in [9.17, 15) is 23.1 Å². The standard InChI is InChI=1S/C32H34Cl2N2O5S/c1-32(18-29(37)38)17-27(24-8-5-9-26(34)16-24)30(23-12-14-25(33)15-13-23)36(31(32)39)28(22-10-11-22)19-35-42(40,41)20-21-6-3-2-4-7-21/h2-9,12-16,22,27-28,30,35H,10-11,17-20H2,1H3,(H,37,38)/t27?,28?,30-,32-/m1/s1. The molecule has 42 heavy (non-hydrogen) atoms. The molecule has 3 aromatic rings. The van der Waals surface area contributed by atoms with Gasteiger partial charge in [0, 0.05) is 28.5 Å². The number of nitrogens with zero attached hydrogens (tertiary/aromatic N) is 1. The third-order valence-electron chi connectivity index (χ3n) is 8.37. The van der Waals surface area contributed by atoms with Gasteiger partial charge in [0.25, 0.3) is 0 Å². The van der Waals surface area contributed by atoms with Gasteiger partial charge in [-0.2, -0.15) is 0 Å². The molecule has 2 aliphatic rings. The van der Waals surface area contributed by atoms with Gasteiger partial charge < -0.3 is 10.0 Å². The fraction of sp³-hybridized carbons (Fsp3) is 0.375. The zero-order valence-corrected chi connectivity index (χ0v) is 25.6. The topological polar surface area (TPSA) is 104 Å². The van der Waals surface area contributed by atoms with Crippen molar-refractivity contribution in [3.05, 3.63) is 106 Å². The van der Waals surface area contributed by atoms with Gasteiger partial charge in [-0.25, -0.2) is 13.1 Å². The molecule has 0 radical (unpaired) electrons. The molecule has 1 saturated heterocycles. The number of likely N-dealkylation sites (tertiary alicyclic amines) is 1. The maximum Gasteiger partial charge on any atom is 0.304 e. The van der Waals surface area contributed by atoms with Crippen molar-refractivity contribution < 1.29 is 23.1 Å². The Morgan fingerprint density at radius 3 is 2.31 bits per heavy atom. The van der Waals surface area contributed by atoms with Crippen molar-refractivity contribution in [2.24, 2.45) is 11.3 Å². The number of rotatable bonds is 11. The van der Waals surface area contributed by atoms with Crippen LogP contribution in [0.2, 0.25) is 10.0 Å².